The molecule has 0 saturated carbocycles. The molecule has 1 aliphatic rings. The van der Waals surface area contributed by atoms with Crippen molar-refractivity contribution < 1.29 is 4.79 Å². The number of rotatable bonds is 4. The van der Waals surface area contributed by atoms with Gasteiger partial charge in [0, 0.05) is 31.1 Å². The molecule has 0 bridgehead atoms. The third kappa shape index (κ3) is 3.50. The second-order valence-electron chi connectivity index (χ2n) is 4.42. The summed E-state index contributed by atoms with van der Waals surface area (Å²) in [6, 6.07) is 10.2. The van der Waals surface area contributed by atoms with Crippen LogP contribution in [0.5, 0.6) is 0 Å². The van der Waals surface area contributed by atoms with Crippen LogP contribution in [0, 0.1) is 0 Å². The van der Waals surface area contributed by atoms with Gasteiger partial charge in [-0.1, -0.05) is 30.3 Å². The number of carbonyl (C=O) groups is 1. The zero-order valence-electron chi connectivity index (χ0n) is 10.8. The van der Waals surface area contributed by atoms with Gasteiger partial charge in [-0.05, 0) is 12.5 Å². The molecule has 1 aliphatic heterocycles. The molecule has 1 aromatic carbocycles. The fourth-order valence-corrected chi connectivity index (χ4v) is 3.02. The number of nitrogens with zero attached hydrogens (tertiary/aromatic N) is 1. The maximum atomic E-state index is 12.4. The van der Waals surface area contributed by atoms with E-state index in [0.717, 1.165) is 24.6 Å². The molecular weight excluding hydrogens is 244 g/mol. The van der Waals surface area contributed by atoms with Crippen LogP contribution < -0.4 is 5.32 Å². The Kier molecular flexibility index (Phi) is 5.08. The van der Waals surface area contributed by atoms with E-state index in [0.29, 0.717) is 6.54 Å². The fourth-order valence-electron chi connectivity index (χ4n) is 2.09. The molecular formula is C14H20N2OS. The van der Waals surface area contributed by atoms with Crippen molar-refractivity contribution in [2.75, 3.05) is 24.6 Å². The van der Waals surface area contributed by atoms with Crippen LogP contribution in [0.4, 0.5) is 0 Å². The quantitative estimate of drug-likeness (QED) is 0.899. The Morgan fingerprint density at radius 2 is 2.22 bits per heavy atom. The summed E-state index contributed by atoms with van der Waals surface area (Å²) in [5.74, 6) is 2.23. The monoisotopic (exact) mass is 264 g/mol. The number of thioether (sulfide) groups is 1. The third-order valence-corrected chi connectivity index (χ3v) is 4.19. The van der Waals surface area contributed by atoms with Crippen molar-refractivity contribution >= 4 is 17.7 Å². The van der Waals surface area contributed by atoms with Gasteiger partial charge in [-0.25, -0.2) is 0 Å². The summed E-state index contributed by atoms with van der Waals surface area (Å²) >= 11 is 1.86. The van der Waals surface area contributed by atoms with Crippen LogP contribution >= 0.6 is 11.8 Å². The number of likely N-dealkylation sites (N-methyl/N-ethyl adjacent to an activating group) is 1. The van der Waals surface area contributed by atoms with E-state index in [9.17, 15) is 4.79 Å². The van der Waals surface area contributed by atoms with Gasteiger partial charge in [0.2, 0.25) is 5.91 Å². The molecule has 1 amide bonds. The second kappa shape index (κ2) is 6.81. The van der Waals surface area contributed by atoms with Crippen LogP contribution in [0.15, 0.2) is 30.3 Å². The predicted molar refractivity (Wildman–Crippen MR) is 76.6 cm³/mol. The molecule has 1 aromatic rings. The SMILES string of the molecule is CCN(Cc1ccccc1)C(=O)C1CSCCN1. The van der Waals surface area contributed by atoms with Crippen LogP contribution in [0.25, 0.3) is 0 Å². The number of hydrogen-bond donors (Lipinski definition) is 1. The molecule has 2 rings (SSSR count). The highest BCUT2D eigenvalue weighted by Crippen LogP contribution is 2.12. The number of carbonyl (C=O) groups excluding carboxylic acids is 1. The summed E-state index contributed by atoms with van der Waals surface area (Å²) in [6.45, 7) is 4.44. The summed E-state index contributed by atoms with van der Waals surface area (Å²) in [5, 5.41) is 3.31. The van der Waals surface area contributed by atoms with Crippen LogP contribution in [0.3, 0.4) is 0 Å². The first-order chi connectivity index (χ1) is 8.81. The summed E-state index contributed by atoms with van der Waals surface area (Å²) in [5.41, 5.74) is 1.19. The Morgan fingerprint density at radius 1 is 1.44 bits per heavy atom. The van der Waals surface area contributed by atoms with Crippen molar-refractivity contribution in [1.29, 1.82) is 0 Å². The molecule has 98 valence electrons. The average molecular weight is 264 g/mol. The highest BCUT2D eigenvalue weighted by molar-refractivity contribution is 7.99. The summed E-state index contributed by atoms with van der Waals surface area (Å²) < 4.78 is 0. The highest BCUT2D eigenvalue weighted by atomic mass is 32.2. The third-order valence-electron chi connectivity index (χ3n) is 3.13. The van der Waals surface area contributed by atoms with Gasteiger partial charge < -0.3 is 10.2 Å². The lowest BCUT2D eigenvalue weighted by Gasteiger charge is -2.29. The predicted octanol–water partition coefficient (Wildman–Crippen LogP) is 1.74. The van der Waals surface area contributed by atoms with Crippen molar-refractivity contribution in [1.82, 2.24) is 10.2 Å². The first kappa shape index (κ1) is 13.4. The first-order valence-electron chi connectivity index (χ1n) is 6.45. The van der Waals surface area contributed by atoms with Gasteiger partial charge in [-0.15, -0.1) is 0 Å². The molecule has 0 spiro atoms. The Bertz CT molecular complexity index is 377. The Morgan fingerprint density at radius 3 is 2.83 bits per heavy atom. The molecule has 1 fully saturated rings. The van der Waals surface area contributed by atoms with E-state index in [4.69, 9.17) is 0 Å². The number of nitrogens with one attached hydrogen (secondary N) is 1. The Hall–Kier alpha value is -1.00. The Labute approximate surface area is 113 Å². The van der Waals surface area contributed by atoms with Crippen molar-refractivity contribution in [3.8, 4) is 0 Å². The van der Waals surface area contributed by atoms with E-state index in [-0.39, 0.29) is 11.9 Å². The number of amides is 1. The molecule has 1 saturated heterocycles. The second-order valence-corrected chi connectivity index (χ2v) is 5.57. The van der Waals surface area contributed by atoms with Gasteiger partial charge in [-0.2, -0.15) is 11.8 Å². The minimum atomic E-state index is -0.00703. The summed E-state index contributed by atoms with van der Waals surface area (Å²) in [4.78, 5) is 14.3. The van der Waals surface area contributed by atoms with Gasteiger partial charge >= 0.3 is 0 Å². The Balaban J connectivity index is 1.97. The molecule has 1 atom stereocenters. The van der Waals surface area contributed by atoms with E-state index in [1.54, 1.807) is 0 Å². The highest BCUT2D eigenvalue weighted by Gasteiger charge is 2.25. The standard InChI is InChI=1S/C14H20N2OS/c1-2-16(10-12-6-4-3-5-7-12)14(17)13-11-18-9-8-15-13/h3-7,13,15H,2,8-11H2,1H3. The zero-order valence-corrected chi connectivity index (χ0v) is 11.6. The van der Waals surface area contributed by atoms with Crippen LogP contribution in [0.2, 0.25) is 0 Å². The van der Waals surface area contributed by atoms with Gasteiger partial charge in [0.1, 0.15) is 0 Å². The van der Waals surface area contributed by atoms with E-state index in [1.807, 2.05) is 41.8 Å². The van der Waals surface area contributed by atoms with Crippen LogP contribution in [-0.2, 0) is 11.3 Å². The lowest BCUT2D eigenvalue weighted by molar-refractivity contribution is -0.133. The molecule has 0 radical (unpaired) electrons. The minimum Gasteiger partial charge on any atom is -0.337 e. The summed E-state index contributed by atoms with van der Waals surface area (Å²) in [7, 11) is 0. The van der Waals surface area contributed by atoms with E-state index >= 15 is 0 Å². The van der Waals surface area contributed by atoms with Gasteiger partial charge in [0.25, 0.3) is 0 Å². The zero-order chi connectivity index (χ0) is 12.8. The van der Waals surface area contributed by atoms with Crippen LogP contribution in [-0.4, -0.2) is 41.4 Å². The molecule has 3 nitrogen and oxygen atoms in total. The van der Waals surface area contributed by atoms with Crippen LogP contribution in [0.1, 0.15) is 12.5 Å². The summed E-state index contributed by atoms with van der Waals surface area (Å²) in [6.07, 6.45) is 0. The van der Waals surface area contributed by atoms with Gasteiger partial charge in [0.05, 0.1) is 6.04 Å². The number of benzene rings is 1. The lowest BCUT2D eigenvalue weighted by Crippen LogP contribution is -2.50. The molecule has 1 N–H and O–H groups in total. The minimum absolute atomic E-state index is 0.00703. The van der Waals surface area contributed by atoms with Gasteiger partial charge in [-0.3, -0.25) is 4.79 Å². The molecule has 0 aliphatic carbocycles. The average Bonchev–Trinajstić information content (AvgIpc) is 2.46. The largest absolute Gasteiger partial charge is 0.337 e. The number of hydrogen-bond acceptors (Lipinski definition) is 3. The van der Waals surface area contributed by atoms with E-state index in [1.165, 1.54) is 5.56 Å². The maximum absolute atomic E-state index is 12.4. The smallest absolute Gasteiger partial charge is 0.240 e. The lowest BCUT2D eigenvalue weighted by atomic mass is 10.2. The van der Waals surface area contributed by atoms with Gasteiger partial charge in [0.15, 0.2) is 0 Å². The molecule has 4 heteroatoms. The first-order valence-corrected chi connectivity index (χ1v) is 7.60. The molecule has 18 heavy (non-hydrogen) atoms. The molecule has 1 unspecified atom stereocenters. The molecule has 1 heterocycles. The van der Waals surface area contributed by atoms with E-state index < -0.39 is 0 Å². The van der Waals surface area contributed by atoms with Crippen molar-refractivity contribution in [3.05, 3.63) is 35.9 Å². The molecule has 0 aromatic heterocycles. The van der Waals surface area contributed by atoms with Crippen molar-refractivity contribution in [3.63, 3.8) is 0 Å². The normalized spacial score (nSPS) is 19.5. The van der Waals surface area contributed by atoms with E-state index in [2.05, 4.69) is 17.4 Å². The van der Waals surface area contributed by atoms with Crippen molar-refractivity contribution in [2.45, 2.75) is 19.5 Å². The van der Waals surface area contributed by atoms with Crippen molar-refractivity contribution in [2.24, 2.45) is 0 Å². The fraction of sp³-hybridized carbons (Fsp3) is 0.500. The topological polar surface area (TPSA) is 32.3 Å². The maximum Gasteiger partial charge on any atom is 0.240 e.